The number of amidine groups is 1. The zero-order valence-electron chi connectivity index (χ0n) is 16.7. The third-order valence-corrected chi connectivity index (χ3v) is 3.93. The molecule has 4 radical (unpaired) electrons. The van der Waals surface area contributed by atoms with Crippen molar-refractivity contribution in [1.82, 2.24) is 0 Å². The minimum absolute atomic E-state index is 0. The van der Waals surface area contributed by atoms with Crippen LogP contribution >= 0.6 is 0 Å². The average Bonchev–Trinajstić information content (AvgIpc) is 3.48. The standard InChI is InChI=1S/C23H17N4O.4Np/c28-21(22(24-17-9-1-2-10-17)25-18-11-3-4-12-18)23(26-19-13-5-6-14-19)27-20-15-7-8-16-20;;;;/h1-16H,(H-3,24,25,26,27,28);;;;/q-7;;;;/p-1. The molecule has 0 unspecified atom stereocenters. The second-order valence-electron chi connectivity index (χ2n) is 6.00. The SMILES string of the molecule is [Np].[Np].[Np].[Np].[O-]C(C(=N[c-]1cccc1)[N-]c1ccc[cH-]1)=C([N-]c1cc[cH-]c1)[N-]c1ccc[cH-]1. The van der Waals surface area contributed by atoms with Crippen LogP contribution in [-0.2, 0) is 0 Å². The molecule has 0 aliphatic rings. The van der Waals surface area contributed by atoms with Crippen molar-refractivity contribution >= 4 is 28.6 Å². The van der Waals surface area contributed by atoms with E-state index in [9.17, 15) is 5.11 Å². The first-order chi connectivity index (χ1) is 13.8. The van der Waals surface area contributed by atoms with Gasteiger partial charge in [0.25, 0.3) is 0 Å². The summed E-state index contributed by atoms with van der Waals surface area (Å²) in [4.78, 5) is 4.43. The van der Waals surface area contributed by atoms with Crippen LogP contribution < -0.4 is 5.11 Å². The van der Waals surface area contributed by atoms with E-state index in [1.54, 1.807) is 0 Å². The summed E-state index contributed by atoms with van der Waals surface area (Å²) in [5.41, 5.74) is 2.61. The van der Waals surface area contributed by atoms with Crippen molar-refractivity contribution in [3.05, 3.63) is 125 Å². The fourth-order valence-corrected chi connectivity index (χ4v) is 2.60. The van der Waals surface area contributed by atoms with Gasteiger partial charge in [0.2, 0.25) is 0 Å². The molecule has 0 fully saturated rings. The summed E-state index contributed by atoms with van der Waals surface area (Å²) < 4.78 is 0. The summed E-state index contributed by atoms with van der Waals surface area (Å²) in [5, 5.41) is 26.6. The average molecular weight is 1310 g/mol. The molecule has 0 amide bonds. The van der Waals surface area contributed by atoms with Gasteiger partial charge in [-0.2, -0.15) is 77.9 Å². The van der Waals surface area contributed by atoms with Crippen molar-refractivity contribution < 1.29 is 125 Å². The first-order valence-electron chi connectivity index (χ1n) is 8.80. The van der Waals surface area contributed by atoms with E-state index in [-0.39, 0.29) is 131 Å². The molecule has 0 bridgehead atoms. The summed E-state index contributed by atoms with van der Waals surface area (Å²) >= 11 is 0. The molecule has 9 heteroatoms. The Bertz CT molecular complexity index is 998. The van der Waals surface area contributed by atoms with Crippen LogP contribution in [0.3, 0.4) is 0 Å². The molecule has 0 N–H and O–H groups in total. The molecule has 32 heavy (non-hydrogen) atoms. The number of aliphatic imine (C=N–C) groups is 1. The maximum atomic E-state index is 13.3. The summed E-state index contributed by atoms with van der Waals surface area (Å²) in [6.45, 7) is 0. The molecule has 0 saturated heterocycles. The Morgan fingerprint density at radius 1 is 0.781 bits per heavy atom. The minimum Gasteiger partial charge on any atom is -0.882 e. The topological polar surface area (TPSA) is 77.7 Å². The molecule has 0 heterocycles. The van der Waals surface area contributed by atoms with Crippen LogP contribution in [0.25, 0.3) is 16.0 Å². The Morgan fingerprint density at radius 2 is 1.41 bits per heavy atom. The fraction of sp³-hybridized carbons (Fsp3) is 0. The van der Waals surface area contributed by atoms with Crippen molar-refractivity contribution in [3.63, 3.8) is 0 Å². The van der Waals surface area contributed by atoms with Gasteiger partial charge in [0.1, 0.15) is 0 Å². The van der Waals surface area contributed by atoms with Crippen LogP contribution in [0.4, 0.5) is 22.7 Å². The summed E-state index contributed by atoms with van der Waals surface area (Å²) in [5.74, 6) is -0.360. The Hall–Kier alpha value is 0.0619. The van der Waals surface area contributed by atoms with Crippen molar-refractivity contribution in [2.24, 2.45) is 4.99 Å². The van der Waals surface area contributed by atoms with Gasteiger partial charge < -0.3 is 31.7 Å². The van der Waals surface area contributed by atoms with E-state index in [1.807, 2.05) is 97.1 Å². The first-order valence-corrected chi connectivity index (χ1v) is 8.80. The number of hydrogen-bond donors (Lipinski definition) is 0. The number of nitrogens with zero attached hydrogens (tertiary/aromatic N) is 4. The Kier molecular flexibility index (Phi) is 16.7. The molecular weight excluding hydrogens is 1300 g/mol. The zero-order valence-corrected chi connectivity index (χ0v) is 31.6. The van der Waals surface area contributed by atoms with E-state index in [2.05, 4.69) is 20.9 Å². The molecule has 0 aliphatic carbocycles. The van der Waals surface area contributed by atoms with Crippen LogP contribution in [0.15, 0.2) is 114 Å². The van der Waals surface area contributed by atoms with Gasteiger partial charge in [-0.25, -0.2) is 36.4 Å². The third-order valence-electron chi connectivity index (χ3n) is 3.93. The Labute approximate surface area is 278 Å². The van der Waals surface area contributed by atoms with Gasteiger partial charge in [0, 0.05) is 120 Å². The monoisotopic (exact) mass is 1310 g/mol. The normalized spacial score (nSPS) is 9.81. The van der Waals surface area contributed by atoms with Crippen LogP contribution in [0.5, 0.6) is 0 Å². The van der Waals surface area contributed by atoms with Gasteiger partial charge in [-0.3, -0.25) is 11.5 Å². The second kappa shape index (κ2) is 16.6. The molecule has 162 valence electrons. The van der Waals surface area contributed by atoms with Crippen LogP contribution in [0, 0.1) is 120 Å². The van der Waals surface area contributed by atoms with Crippen LogP contribution in [0.1, 0.15) is 0 Å². The third kappa shape index (κ3) is 9.37. The maximum Gasteiger partial charge on any atom is 0 e. The van der Waals surface area contributed by atoms with Gasteiger partial charge in [-0.15, -0.1) is 5.69 Å². The smallest absolute Gasteiger partial charge is 0 e. The Morgan fingerprint density at radius 3 is 1.94 bits per heavy atom. The zero-order chi connectivity index (χ0) is 19.2. The van der Waals surface area contributed by atoms with Crippen molar-refractivity contribution in [3.8, 4) is 0 Å². The molecule has 0 saturated carbocycles. The minimum atomic E-state index is -0.440. The van der Waals surface area contributed by atoms with Crippen molar-refractivity contribution in [2.45, 2.75) is 0 Å². The molecule has 4 aromatic carbocycles. The van der Waals surface area contributed by atoms with E-state index < -0.39 is 5.76 Å². The van der Waals surface area contributed by atoms with Gasteiger partial charge >= 0.3 is 0 Å². The molecule has 0 atom stereocenters. The van der Waals surface area contributed by atoms with Crippen molar-refractivity contribution in [1.29, 1.82) is 0 Å². The quantitative estimate of drug-likeness (QED) is 0.0936. The fourth-order valence-electron chi connectivity index (χ4n) is 2.60. The molecule has 4 rings (SSSR count). The molecule has 0 spiro atoms. The molecular formula is C23H16N4Np4O-8. The van der Waals surface area contributed by atoms with Crippen LogP contribution in [0.2, 0.25) is 0 Å². The second-order valence-corrected chi connectivity index (χ2v) is 6.00. The van der Waals surface area contributed by atoms with E-state index >= 15 is 0 Å². The molecule has 5 nitrogen and oxygen atoms in total. The number of hydrogen-bond acceptors (Lipinski definition) is 2. The number of rotatable bonds is 7. The van der Waals surface area contributed by atoms with E-state index in [1.165, 1.54) is 0 Å². The van der Waals surface area contributed by atoms with Gasteiger partial charge in [-0.1, -0.05) is 0 Å². The van der Waals surface area contributed by atoms with Gasteiger partial charge in [-0.05, 0) is 0 Å². The van der Waals surface area contributed by atoms with E-state index in [4.69, 9.17) is 0 Å². The van der Waals surface area contributed by atoms with Gasteiger partial charge in [0.05, 0.1) is 0 Å². The predicted octanol–water partition coefficient (Wildman–Crippen LogP) is 6.24. The summed E-state index contributed by atoms with van der Waals surface area (Å²) in [6, 6.07) is 29.4. The van der Waals surface area contributed by atoms with Crippen molar-refractivity contribution in [2.75, 3.05) is 0 Å². The summed E-state index contributed by atoms with van der Waals surface area (Å²) in [6.07, 6.45) is 0. The summed E-state index contributed by atoms with van der Waals surface area (Å²) in [7, 11) is 0. The Balaban J connectivity index is 0.00000240. The first kappa shape index (κ1) is 32.1. The predicted molar refractivity (Wildman–Crippen MR) is 111 cm³/mol. The largest absolute Gasteiger partial charge is 0.882 e. The molecule has 0 aliphatic heterocycles. The van der Waals surface area contributed by atoms with E-state index in [0.29, 0.717) is 22.7 Å². The van der Waals surface area contributed by atoms with Crippen LogP contribution in [-0.4, -0.2) is 5.84 Å². The molecule has 0 aromatic heterocycles. The molecule has 4 aromatic rings. The van der Waals surface area contributed by atoms with Gasteiger partial charge in [0.15, 0.2) is 0 Å². The van der Waals surface area contributed by atoms with E-state index in [0.717, 1.165) is 0 Å². The maximum absolute atomic E-state index is 13.3.